The minimum atomic E-state index is -1.10. The fraction of sp³-hybridized carbons (Fsp3) is 0. The molecule has 1 aromatic heterocycles. The summed E-state index contributed by atoms with van der Waals surface area (Å²) >= 11 is 1.68. The Hall–Kier alpha value is -0.720. The van der Waals surface area contributed by atoms with E-state index in [-0.39, 0.29) is 9.13 Å². The number of carboxylic acid groups (broad SMARTS) is 1. The Morgan fingerprint density at radius 1 is 1.73 bits per heavy atom. The molecule has 1 heterocycles. The van der Waals surface area contributed by atoms with E-state index in [1.165, 1.54) is 6.07 Å². The summed E-state index contributed by atoms with van der Waals surface area (Å²) in [7, 11) is 0. The van der Waals surface area contributed by atoms with Gasteiger partial charge in [-0.1, -0.05) is 0 Å². The van der Waals surface area contributed by atoms with Crippen molar-refractivity contribution >= 4 is 28.6 Å². The number of carbonyl (C=O) groups is 1. The number of aromatic carboxylic acids is 1. The number of hydrogen-bond donors (Lipinski definition) is 1. The van der Waals surface area contributed by atoms with E-state index in [0.717, 1.165) is 6.20 Å². The van der Waals surface area contributed by atoms with Crippen LogP contribution in [0.4, 0.5) is 4.39 Å². The number of nitrogens with zero attached hydrogens (tertiary/aromatic N) is 1. The SMILES string of the molecule is O=C(O)c1cnc(F)c(I)c1. The first-order valence-electron chi connectivity index (χ1n) is 2.65. The molecule has 0 spiro atoms. The van der Waals surface area contributed by atoms with Crippen molar-refractivity contribution in [3.8, 4) is 0 Å². The molecule has 3 nitrogen and oxygen atoms in total. The highest BCUT2D eigenvalue weighted by molar-refractivity contribution is 14.1. The van der Waals surface area contributed by atoms with E-state index >= 15 is 0 Å². The van der Waals surface area contributed by atoms with Gasteiger partial charge in [0.25, 0.3) is 0 Å². The van der Waals surface area contributed by atoms with Gasteiger partial charge in [0, 0.05) is 6.20 Å². The van der Waals surface area contributed by atoms with E-state index in [9.17, 15) is 9.18 Å². The van der Waals surface area contributed by atoms with E-state index in [1.54, 1.807) is 22.6 Å². The fourth-order valence-electron chi connectivity index (χ4n) is 0.538. The van der Waals surface area contributed by atoms with Crippen LogP contribution >= 0.6 is 22.6 Å². The van der Waals surface area contributed by atoms with Gasteiger partial charge in [0.1, 0.15) is 0 Å². The van der Waals surface area contributed by atoms with Crippen LogP contribution in [-0.2, 0) is 0 Å². The first-order chi connectivity index (χ1) is 5.11. The number of rotatable bonds is 1. The Balaban J connectivity index is 3.15. The quantitative estimate of drug-likeness (QED) is 0.620. The second kappa shape index (κ2) is 3.12. The molecule has 58 valence electrons. The third kappa shape index (κ3) is 1.86. The number of aromatic nitrogens is 1. The van der Waals surface area contributed by atoms with E-state index in [4.69, 9.17) is 5.11 Å². The lowest BCUT2D eigenvalue weighted by Crippen LogP contribution is -1.99. The Morgan fingerprint density at radius 2 is 2.36 bits per heavy atom. The summed E-state index contributed by atoms with van der Waals surface area (Å²) in [4.78, 5) is 13.5. The summed E-state index contributed by atoms with van der Waals surface area (Å²) in [5, 5.41) is 8.43. The number of carboxylic acids is 1. The van der Waals surface area contributed by atoms with Crippen molar-refractivity contribution in [2.24, 2.45) is 0 Å². The number of hydrogen-bond acceptors (Lipinski definition) is 2. The van der Waals surface area contributed by atoms with Crippen molar-refractivity contribution in [2.75, 3.05) is 0 Å². The van der Waals surface area contributed by atoms with Crippen LogP contribution in [0.3, 0.4) is 0 Å². The van der Waals surface area contributed by atoms with Gasteiger partial charge in [0.15, 0.2) is 0 Å². The molecule has 0 saturated carbocycles. The minimum absolute atomic E-state index is 0.00389. The molecule has 0 aliphatic rings. The Labute approximate surface area is 75.4 Å². The zero-order valence-electron chi connectivity index (χ0n) is 5.21. The van der Waals surface area contributed by atoms with Crippen LogP contribution in [0.1, 0.15) is 10.4 Å². The van der Waals surface area contributed by atoms with Gasteiger partial charge in [-0.25, -0.2) is 9.78 Å². The molecule has 0 atom stereocenters. The predicted octanol–water partition coefficient (Wildman–Crippen LogP) is 1.52. The third-order valence-corrected chi connectivity index (χ3v) is 1.80. The molecule has 0 unspecified atom stereocenters. The molecular weight excluding hydrogens is 264 g/mol. The number of pyridine rings is 1. The molecule has 11 heavy (non-hydrogen) atoms. The zero-order chi connectivity index (χ0) is 8.43. The van der Waals surface area contributed by atoms with Crippen LogP contribution in [0.15, 0.2) is 12.3 Å². The van der Waals surface area contributed by atoms with E-state index in [1.807, 2.05) is 0 Å². The van der Waals surface area contributed by atoms with Gasteiger partial charge in [-0.05, 0) is 28.7 Å². The lowest BCUT2D eigenvalue weighted by molar-refractivity contribution is 0.0696. The molecule has 1 aromatic rings. The van der Waals surface area contributed by atoms with Gasteiger partial charge in [-0.3, -0.25) is 0 Å². The van der Waals surface area contributed by atoms with Crippen LogP contribution in [0.2, 0.25) is 0 Å². The second-order valence-electron chi connectivity index (χ2n) is 1.80. The van der Waals surface area contributed by atoms with Crippen LogP contribution in [0, 0.1) is 9.52 Å². The van der Waals surface area contributed by atoms with Crippen molar-refractivity contribution in [2.45, 2.75) is 0 Å². The van der Waals surface area contributed by atoms with Gasteiger partial charge in [-0.15, -0.1) is 0 Å². The maximum atomic E-state index is 12.5. The Kier molecular flexibility index (Phi) is 2.38. The van der Waals surface area contributed by atoms with Crippen LogP contribution in [-0.4, -0.2) is 16.1 Å². The van der Waals surface area contributed by atoms with E-state index in [0.29, 0.717) is 0 Å². The smallest absolute Gasteiger partial charge is 0.337 e. The van der Waals surface area contributed by atoms with Crippen molar-refractivity contribution in [1.82, 2.24) is 4.98 Å². The van der Waals surface area contributed by atoms with Crippen LogP contribution < -0.4 is 0 Å². The molecule has 0 fully saturated rings. The summed E-state index contributed by atoms with van der Waals surface area (Å²) in [6.07, 6.45) is 0.986. The predicted molar refractivity (Wildman–Crippen MR) is 43.9 cm³/mol. The molecule has 0 saturated heterocycles. The van der Waals surface area contributed by atoms with Gasteiger partial charge in [0.05, 0.1) is 9.13 Å². The van der Waals surface area contributed by atoms with E-state index in [2.05, 4.69) is 4.98 Å². The van der Waals surface area contributed by atoms with Crippen LogP contribution in [0.25, 0.3) is 0 Å². The topological polar surface area (TPSA) is 50.2 Å². The molecule has 0 bridgehead atoms. The van der Waals surface area contributed by atoms with Crippen molar-refractivity contribution in [3.05, 3.63) is 27.3 Å². The summed E-state index contributed by atoms with van der Waals surface area (Å²) in [6.45, 7) is 0. The molecule has 0 radical (unpaired) electrons. The molecular formula is C6H3FINO2. The normalized spacial score (nSPS) is 9.64. The van der Waals surface area contributed by atoms with Gasteiger partial charge in [0.2, 0.25) is 5.95 Å². The molecule has 1 rings (SSSR count). The maximum Gasteiger partial charge on any atom is 0.337 e. The van der Waals surface area contributed by atoms with Crippen LogP contribution in [0.5, 0.6) is 0 Å². The first kappa shape index (κ1) is 8.38. The standard InChI is InChI=1S/C6H3FINO2/c7-5-4(8)1-3(2-9-5)6(10)11/h1-2H,(H,10,11). The van der Waals surface area contributed by atoms with Gasteiger partial charge < -0.3 is 5.11 Å². The fourth-order valence-corrected chi connectivity index (χ4v) is 1.01. The minimum Gasteiger partial charge on any atom is -0.478 e. The van der Waals surface area contributed by atoms with Crippen molar-refractivity contribution < 1.29 is 14.3 Å². The van der Waals surface area contributed by atoms with Gasteiger partial charge in [-0.2, -0.15) is 4.39 Å². The largest absolute Gasteiger partial charge is 0.478 e. The lowest BCUT2D eigenvalue weighted by Gasteiger charge is -1.94. The third-order valence-electron chi connectivity index (χ3n) is 1.04. The Bertz CT molecular complexity index is 303. The highest BCUT2D eigenvalue weighted by Crippen LogP contribution is 2.09. The summed E-state index contributed by atoms with van der Waals surface area (Å²) in [6, 6.07) is 1.23. The molecule has 5 heteroatoms. The average molecular weight is 267 g/mol. The average Bonchev–Trinajstić information content (AvgIpc) is 1.94. The second-order valence-corrected chi connectivity index (χ2v) is 2.96. The maximum absolute atomic E-state index is 12.5. The Morgan fingerprint density at radius 3 is 2.82 bits per heavy atom. The number of halogens is 2. The summed E-state index contributed by atoms with van der Waals surface area (Å²) in [5.74, 6) is -1.74. The van der Waals surface area contributed by atoms with Crippen molar-refractivity contribution in [1.29, 1.82) is 0 Å². The summed E-state index contributed by atoms with van der Waals surface area (Å²) < 4.78 is 12.7. The molecule has 0 amide bonds. The van der Waals surface area contributed by atoms with E-state index < -0.39 is 11.9 Å². The molecule has 0 aliphatic heterocycles. The van der Waals surface area contributed by atoms with Gasteiger partial charge >= 0.3 is 5.97 Å². The molecule has 0 aliphatic carbocycles. The molecule has 0 aromatic carbocycles. The first-order valence-corrected chi connectivity index (χ1v) is 3.73. The van der Waals surface area contributed by atoms with Crippen molar-refractivity contribution in [3.63, 3.8) is 0 Å². The highest BCUT2D eigenvalue weighted by Gasteiger charge is 2.06. The monoisotopic (exact) mass is 267 g/mol. The highest BCUT2D eigenvalue weighted by atomic mass is 127. The molecule has 1 N–H and O–H groups in total. The zero-order valence-corrected chi connectivity index (χ0v) is 7.37. The lowest BCUT2D eigenvalue weighted by atomic mass is 10.3. The summed E-state index contributed by atoms with van der Waals surface area (Å²) in [5.41, 5.74) is -0.00389.